The molecule has 0 aromatic heterocycles. The Morgan fingerprint density at radius 3 is 2.00 bits per heavy atom. The van der Waals surface area contributed by atoms with Crippen molar-refractivity contribution in [2.75, 3.05) is 0 Å². The molecule has 0 heterocycles. The van der Waals surface area contributed by atoms with Crippen molar-refractivity contribution in [2.45, 2.75) is 19.6 Å². The number of carbonyl (C=O) groups excluding carboxylic acids is 1. The third-order valence-corrected chi connectivity index (χ3v) is 2.01. The van der Waals surface area contributed by atoms with E-state index in [9.17, 15) is 4.79 Å². The minimum Gasteiger partial charge on any atom is -0.276 e. The summed E-state index contributed by atoms with van der Waals surface area (Å²) < 4.78 is 0. The van der Waals surface area contributed by atoms with Gasteiger partial charge in [0.25, 0.3) is 0 Å². The van der Waals surface area contributed by atoms with Crippen molar-refractivity contribution in [2.24, 2.45) is 0 Å². The van der Waals surface area contributed by atoms with Crippen molar-refractivity contribution < 1.29 is 4.79 Å². The summed E-state index contributed by atoms with van der Waals surface area (Å²) in [5, 5.41) is -0.377. The lowest BCUT2D eigenvalue weighted by molar-refractivity contribution is -0.107. The molecule has 3 heteroatoms. The highest BCUT2D eigenvalue weighted by molar-refractivity contribution is 6.81. The maximum atomic E-state index is 10.2. The lowest BCUT2D eigenvalue weighted by atomic mass is 10.7. The number of hydrogen-bond acceptors (Lipinski definition) is 1. The highest BCUT2D eigenvalue weighted by atomic mass is 35.5. The summed E-state index contributed by atoms with van der Waals surface area (Å²) in [5.41, 5.74) is 1.92. The molecule has 0 aromatic carbocycles. The van der Waals surface area contributed by atoms with E-state index in [1.807, 2.05) is 5.70 Å². The summed E-state index contributed by atoms with van der Waals surface area (Å²) in [6.07, 6.45) is 1.44. The molecule has 52 valence electrons. The quantitative estimate of drug-likeness (QED) is 0.346. The van der Waals surface area contributed by atoms with Crippen molar-refractivity contribution in [1.29, 1.82) is 0 Å². The SMILES string of the molecule is C[Si](C)(C)C=CC(=O)Cl. The molecular formula is C6H11ClOSi. The zero-order valence-corrected chi connectivity index (χ0v) is 7.70. The van der Waals surface area contributed by atoms with Gasteiger partial charge in [0.15, 0.2) is 0 Å². The van der Waals surface area contributed by atoms with Crippen LogP contribution in [0.1, 0.15) is 0 Å². The van der Waals surface area contributed by atoms with Gasteiger partial charge >= 0.3 is 0 Å². The van der Waals surface area contributed by atoms with Gasteiger partial charge in [-0.15, -0.1) is 0 Å². The van der Waals surface area contributed by atoms with Crippen LogP contribution in [0.15, 0.2) is 11.8 Å². The van der Waals surface area contributed by atoms with Gasteiger partial charge in [0.1, 0.15) is 0 Å². The molecule has 0 bridgehead atoms. The van der Waals surface area contributed by atoms with E-state index in [1.165, 1.54) is 6.08 Å². The van der Waals surface area contributed by atoms with Gasteiger partial charge in [-0.1, -0.05) is 25.3 Å². The molecule has 0 aliphatic heterocycles. The fraction of sp³-hybridized carbons (Fsp3) is 0.500. The van der Waals surface area contributed by atoms with E-state index in [1.54, 1.807) is 0 Å². The van der Waals surface area contributed by atoms with E-state index < -0.39 is 8.07 Å². The minimum absolute atomic E-state index is 0.377. The molecule has 0 amide bonds. The van der Waals surface area contributed by atoms with Crippen LogP contribution in [-0.4, -0.2) is 13.3 Å². The second-order valence-corrected chi connectivity index (χ2v) is 8.44. The predicted octanol–water partition coefficient (Wildman–Crippen LogP) is 2.19. The molecule has 1 nitrogen and oxygen atoms in total. The second kappa shape index (κ2) is 3.18. The molecule has 0 aliphatic rings. The molecule has 0 aliphatic carbocycles. The fourth-order valence-electron chi connectivity index (χ4n) is 0.316. The van der Waals surface area contributed by atoms with Crippen molar-refractivity contribution >= 4 is 24.9 Å². The summed E-state index contributed by atoms with van der Waals surface area (Å²) in [6.45, 7) is 6.43. The lowest BCUT2D eigenvalue weighted by Gasteiger charge is -2.06. The third-order valence-electron chi connectivity index (χ3n) is 0.714. The Morgan fingerprint density at radius 2 is 1.89 bits per heavy atom. The minimum atomic E-state index is -1.21. The number of halogens is 1. The van der Waals surface area contributed by atoms with Crippen molar-refractivity contribution in [1.82, 2.24) is 0 Å². The van der Waals surface area contributed by atoms with Gasteiger partial charge in [-0.05, 0) is 17.7 Å². The maximum absolute atomic E-state index is 10.2. The number of carbonyl (C=O) groups is 1. The van der Waals surface area contributed by atoms with Crippen molar-refractivity contribution in [3.63, 3.8) is 0 Å². The maximum Gasteiger partial charge on any atom is 0.244 e. The topological polar surface area (TPSA) is 17.1 Å². The first-order valence-corrected chi connectivity index (χ1v) is 6.76. The van der Waals surface area contributed by atoms with Crippen LogP contribution in [0, 0.1) is 0 Å². The highest BCUT2D eigenvalue weighted by Crippen LogP contribution is 2.01. The zero-order chi connectivity index (χ0) is 7.49. The lowest BCUT2D eigenvalue weighted by Crippen LogP contribution is -2.15. The molecule has 9 heavy (non-hydrogen) atoms. The Balaban J connectivity index is 3.86. The number of rotatable bonds is 2. The first-order chi connectivity index (χ1) is 3.92. The number of allylic oxidation sites excluding steroid dienone is 1. The normalized spacial score (nSPS) is 12.4. The summed E-state index contributed by atoms with van der Waals surface area (Å²) in [5.74, 6) is 0. The van der Waals surface area contributed by atoms with E-state index in [0.717, 1.165) is 0 Å². The van der Waals surface area contributed by atoms with Gasteiger partial charge in [-0.3, -0.25) is 4.79 Å². The Hall–Kier alpha value is -0.0831. The molecule has 0 aromatic rings. The van der Waals surface area contributed by atoms with Crippen LogP contribution in [0.3, 0.4) is 0 Å². The molecule has 0 saturated heterocycles. The van der Waals surface area contributed by atoms with Gasteiger partial charge in [-0.2, -0.15) is 0 Å². The summed E-state index contributed by atoms with van der Waals surface area (Å²) >= 11 is 5.08. The Kier molecular flexibility index (Phi) is 3.15. The fourth-order valence-corrected chi connectivity index (χ4v) is 1.14. The smallest absolute Gasteiger partial charge is 0.244 e. The van der Waals surface area contributed by atoms with Crippen LogP contribution in [0.2, 0.25) is 19.6 Å². The zero-order valence-electron chi connectivity index (χ0n) is 5.94. The third kappa shape index (κ3) is 7.92. The summed E-state index contributed by atoms with van der Waals surface area (Å²) in [6, 6.07) is 0. The second-order valence-electron chi connectivity index (χ2n) is 3.00. The first kappa shape index (κ1) is 8.92. The Labute approximate surface area is 61.7 Å². The molecule has 0 atom stereocenters. The molecule has 0 fully saturated rings. The number of hydrogen-bond donors (Lipinski definition) is 0. The highest BCUT2D eigenvalue weighted by Gasteiger charge is 2.06. The van der Waals surface area contributed by atoms with Crippen molar-refractivity contribution in [3.8, 4) is 0 Å². The van der Waals surface area contributed by atoms with Crippen LogP contribution in [0.25, 0.3) is 0 Å². The van der Waals surface area contributed by atoms with Crippen LogP contribution >= 0.6 is 11.6 Å². The van der Waals surface area contributed by atoms with Crippen LogP contribution < -0.4 is 0 Å². The molecule has 0 spiro atoms. The standard InChI is InChI=1S/C6H11ClOSi/c1-9(2,3)5-4-6(7)8/h4-5H,1-3H3. The largest absolute Gasteiger partial charge is 0.276 e. The van der Waals surface area contributed by atoms with E-state index >= 15 is 0 Å². The van der Waals surface area contributed by atoms with Crippen LogP contribution in [0.4, 0.5) is 0 Å². The van der Waals surface area contributed by atoms with Gasteiger partial charge in [-0.25, -0.2) is 0 Å². The molecule has 0 N–H and O–H groups in total. The van der Waals surface area contributed by atoms with E-state index in [4.69, 9.17) is 11.6 Å². The summed E-state index contributed by atoms with van der Waals surface area (Å²) in [4.78, 5) is 10.2. The summed E-state index contributed by atoms with van der Waals surface area (Å²) in [7, 11) is -1.21. The van der Waals surface area contributed by atoms with E-state index in [0.29, 0.717) is 0 Å². The van der Waals surface area contributed by atoms with E-state index in [-0.39, 0.29) is 5.24 Å². The van der Waals surface area contributed by atoms with Gasteiger partial charge in [0.05, 0.1) is 8.07 Å². The predicted molar refractivity (Wildman–Crippen MR) is 43.3 cm³/mol. The van der Waals surface area contributed by atoms with E-state index in [2.05, 4.69) is 19.6 Å². The Morgan fingerprint density at radius 1 is 1.44 bits per heavy atom. The molecule has 0 unspecified atom stereocenters. The first-order valence-electron chi connectivity index (χ1n) is 2.80. The van der Waals surface area contributed by atoms with Crippen LogP contribution in [0.5, 0.6) is 0 Å². The van der Waals surface area contributed by atoms with Crippen molar-refractivity contribution in [3.05, 3.63) is 11.8 Å². The molecule has 0 radical (unpaired) electrons. The molecule has 0 saturated carbocycles. The average molecular weight is 163 g/mol. The van der Waals surface area contributed by atoms with Gasteiger partial charge in [0, 0.05) is 0 Å². The van der Waals surface area contributed by atoms with Crippen LogP contribution in [-0.2, 0) is 4.79 Å². The molecule has 0 rings (SSSR count). The molecular weight excluding hydrogens is 152 g/mol. The monoisotopic (exact) mass is 162 g/mol. The average Bonchev–Trinajstić information content (AvgIpc) is 1.59. The Bertz CT molecular complexity index is 134. The van der Waals surface area contributed by atoms with Gasteiger partial charge < -0.3 is 0 Å². The van der Waals surface area contributed by atoms with Gasteiger partial charge in [0.2, 0.25) is 5.24 Å².